The first-order valence-electron chi connectivity index (χ1n) is 10.2. The van der Waals surface area contributed by atoms with Crippen LogP contribution in [0.4, 0.5) is 0 Å². The van der Waals surface area contributed by atoms with Gasteiger partial charge in [-0.15, -0.1) is 0 Å². The van der Waals surface area contributed by atoms with Gasteiger partial charge in [-0.25, -0.2) is 0 Å². The molecule has 1 saturated heterocycles. The molecule has 2 fully saturated rings. The molecular weight excluding hydrogens is 332 g/mol. The quantitative estimate of drug-likeness (QED) is 0.309. The lowest BCUT2D eigenvalue weighted by atomic mass is 9.89. The maximum absolute atomic E-state index is 12.1. The van der Waals surface area contributed by atoms with E-state index in [0.717, 1.165) is 57.8 Å². The van der Waals surface area contributed by atoms with Gasteiger partial charge in [0.05, 0.1) is 12.7 Å². The number of carbonyl (C=O) groups is 1. The first-order valence-corrected chi connectivity index (χ1v) is 10.2. The van der Waals surface area contributed by atoms with E-state index in [4.69, 9.17) is 9.47 Å². The minimum Gasteiger partial charge on any atom is -0.379 e. The summed E-state index contributed by atoms with van der Waals surface area (Å²) in [5, 5.41) is 9.52. The molecule has 26 heavy (non-hydrogen) atoms. The number of carbonyl (C=O) groups excluding carboxylic acids is 1. The average molecular weight is 369 g/mol. The summed E-state index contributed by atoms with van der Waals surface area (Å²) in [5.41, 5.74) is 0. The normalized spacial score (nSPS) is 21.6. The molecular formula is C19H36N4O3. The van der Waals surface area contributed by atoms with Crippen LogP contribution in [0.3, 0.4) is 0 Å². The summed E-state index contributed by atoms with van der Waals surface area (Å²) in [6.45, 7) is 4.40. The summed E-state index contributed by atoms with van der Waals surface area (Å²) in [6, 6.07) is 0. The molecule has 1 aliphatic carbocycles. The zero-order valence-electron chi connectivity index (χ0n) is 16.2. The van der Waals surface area contributed by atoms with Crippen molar-refractivity contribution in [2.45, 2.75) is 57.5 Å². The Hall–Kier alpha value is -1.34. The number of ether oxygens (including phenoxy) is 2. The lowest BCUT2D eigenvalue weighted by molar-refractivity contribution is -0.125. The van der Waals surface area contributed by atoms with Gasteiger partial charge in [0, 0.05) is 45.8 Å². The fourth-order valence-corrected chi connectivity index (χ4v) is 3.47. The van der Waals surface area contributed by atoms with Gasteiger partial charge in [-0.05, 0) is 32.1 Å². The van der Waals surface area contributed by atoms with Crippen LogP contribution >= 0.6 is 0 Å². The second-order valence-corrected chi connectivity index (χ2v) is 7.12. The molecule has 150 valence electrons. The second-order valence-electron chi connectivity index (χ2n) is 7.12. The number of nitrogens with zero attached hydrogens (tertiary/aromatic N) is 1. The van der Waals surface area contributed by atoms with Gasteiger partial charge in [-0.2, -0.15) is 0 Å². The molecule has 0 aromatic rings. The van der Waals surface area contributed by atoms with Gasteiger partial charge in [0.15, 0.2) is 5.96 Å². The monoisotopic (exact) mass is 368 g/mol. The van der Waals surface area contributed by atoms with E-state index in [1.165, 1.54) is 19.3 Å². The Bertz CT molecular complexity index is 419. The smallest absolute Gasteiger partial charge is 0.223 e. The van der Waals surface area contributed by atoms with Gasteiger partial charge >= 0.3 is 0 Å². The van der Waals surface area contributed by atoms with Crippen LogP contribution in [-0.2, 0) is 14.3 Å². The maximum atomic E-state index is 12.1. The highest BCUT2D eigenvalue weighted by atomic mass is 16.5. The molecule has 0 aromatic carbocycles. The molecule has 1 amide bonds. The summed E-state index contributed by atoms with van der Waals surface area (Å²) >= 11 is 0. The number of guanidine groups is 1. The van der Waals surface area contributed by atoms with Crippen molar-refractivity contribution in [3.05, 3.63) is 0 Å². The van der Waals surface area contributed by atoms with E-state index in [1.807, 2.05) is 0 Å². The molecule has 1 aliphatic heterocycles. The lowest BCUT2D eigenvalue weighted by Crippen LogP contribution is -2.43. The van der Waals surface area contributed by atoms with Crippen LogP contribution in [0.2, 0.25) is 0 Å². The van der Waals surface area contributed by atoms with Crippen LogP contribution in [-0.4, -0.2) is 64.5 Å². The lowest BCUT2D eigenvalue weighted by Gasteiger charge is -2.21. The van der Waals surface area contributed by atoms with Gasteiger partial charge in [-0.3, -0.25) is 9.79 Å². The largest absolute Gasteiger partial charge is 0.379 e. The van der Waals surface area contributed by atoms with Gasteiger partial charge < -0.3 is 25.4 Å². The van der Waals surface area contributed by atoms with E-state index in [-0.39, 0.29) is 11.8 Å². The van der Waals surface area contributed by atoms with E-state index in [2.05, 4.69) is 20.9 Å². The van der Waals surface area contributed by atoms with E-state index in [0.29, 0.717) is 25.8 Å². The van der Waals surface area contributed by atoms with Crippen molar-refractivity contribution in [1.82, 2.24) is 16.0 Å². The highest BCUT2D eigenvalue weighted by Crippen LogP contribution is 2.23. The molecule has 0 bridgehead atoms. The number of nitrogens with one attached hydrogen (secondary N) is 3. The van der Waals surface area contributed by atoms with Crippen LogP contribution in [0.25, 0.3) is 0 Å². The van der Waals surface area contributed by atoms with Crippen molar-refractivity contribution in [1.29, 1.82) is 0 Å². The first-order chi connectivity index (χ1) is 12.8. The number of hydrogen-bond donors (Lipinski definition) is 3. The highest BCUT2D eigenvalue weighted by molar-refractivity contribution is 5.80. The Labute approximate surface area is 157 Å². The van der Waals surface area contributed by atoms with Crippen molar-refractivity contribution in [3.63, 3.8) is 0 Å². The predicted octanol–water partition coefficient (Wildman–Crippen LogP) is 1.43. The molecule has 0 aromatic heterocycles. The fraction of sp³-hybridized carbons (Fsp3) is 0.895. The maximum Gasteiger partial charge on any atom is 0.223 e. The Morgan fingerprint density at radius 1 is 1.04 bits per heavy atom. The van der Waals surface area contributed by atoms with Crippen LogP contribution < -0.4 is 16.0 Å². The third-order valence-electron chi connectivity index (χ3n) is 5.00. The second kappa shape index (κ2) is 12.9. The summed E-state index contributed by atoms with van der Waals surface area (Å²) < 4.78 is 11.2. The van der Waals surface area contributed by atoms with Crippen molar-refractivity contribution >= 4 is 11.9 Å². The van der Waals surface area contributed by atoms with Crippen LogP contribution in [0, 0.1) is 5.92 Å². The molecule has 1 unspecified atom stereocenters. The van der Waals surface area contributed by atoms with E-state index in [1.54, 1.807) is 7.05 Å². The summed E-state index contributed by atoms with van der Waals surface area (Å²) in [4.78, 5) is 16.3. The molecule has 0 radical (unpaired) electrons. The van der Waals surface area contributed by atoms with Crippen molar-refractivity contribution in [2.24, 2.45) is 10.9 Å². The summed E-state index contributed by atoms with van der Waals surface area (Å²) in [7, 11) is 1.75. The fourth-order valence-electron chi connectivity index (χ4n) is 3.47. The number of amides is 1. The third kappa shape index (κ3) is 8.36. The highest BCUT2D eigenvalue weighted by Gasteiger charge is 2.20. The SMILES string of the molecule is CN=C(NCCCOCC1CCCO1)NCCNC(=O)C1CCCCC1. The van der Waals surface area contributed by atoms with Crippen molar-refractivity contribution in [3.8, 4) is 0 Å². The molecule has 7 heteroatoms. The molecule has 1 heterocycles. The minimum absolute atomic E-state index is 0.206. The van der Waals surface area contributed by atoms with Gasteiger partial charge in [0.1, 0.15) is 0 Å². The summed E-state index contributed by atoms with van der Waals surface area (Å²) in [6.07, 6.45) is 9.20. The molecule has 2 rings (SSSR count). The first kappa shape index (κ1) is 21.0. The summed E-state index contributed by atoms with van der Waals surface area (Å²) in [5.74, 6) is 1.18. The zero-order valence-corrected chi connectivity index (χ0v) is 16.2. The number of hydrogen-bond acceptors (Lipinski definition) is 4. The van der Waals surface area contributed by atoms with E-state index < -0.39 is 0 Å². The third-order valence-corrected chi connectivity index (χ3v) is 5.00. The van der Waals surface area contributed by atoms with Crippen molar-refractivity contribution < 1.29 is 14.3 Å². The molecule has 2 aliphatic rings. The van der Waals surface area contributed by atoms with Crippen LogP contribution in [0.15, 0.2) is 4.99 Å². The average Bonchev–Trinajstić information content (AvgIpc) is 3.20. The van der Waals surface area contributed by atoms with Crippen LogP contribution in [0.5, 0.6) is 0 Å². The number of aliphatic imine (C=N–C) groups is 1. The minimum atomic E-state index is 0.206. The number of rotatable bonds is 10. The van der Waals surface area contributed by atoms with Crippen LogP contribution in [0.1, 0.15) is 51.4 Å². The predicted molar refractivity (Wildman–Crippen MR) is 103 cm³/mol. The Morgan fingerprint density at radius 3 is 2.54 bits per heavy atom. The standard InChI is InChI=1S/C19H36N4O3/c1-20-19(22-10-6-13-25-15-17-9-5-14-26-17)23-12-11-21-18(24)16-7-3-2-4-8-16/h16-17H,2-15H2,1H3,(H,21,24)(H2,20,22,23). The van der Waals surface area contributed by atoms with E-state index >= 15 is 0 Å². The van der Waals surface area contributed by atoms with Gasteiger partial charge in [-0.1, -0.05) is 19.3 Å². The van der Waals surface area contributed by atoms with Gasteiger partial charge in [0.2, 0.25) is 5.91 Å². The zero-order chi connectivity index (χ0) is 18.5. The topological polar surface area (TPSA) is 84.0 Å². The van der Waals surface area contributed by atoms with Gasteiger partial charge in [0.25, 0.3) is 0 Å². The molecule has 0 spiro atoms. The Balaban J connectivity index is 1.43. The molecule has 1 saturated carbocycles. The Morgan fingerprint density at radius 2 is 1.81 bits per heavy atom. The molecule has 3 N–H and O–H groups in total. The molecule has 1 atom stereocenters. The van der Waals surface area contributed by atoms with E-state index in [9.17, 15) is 4.79 Å². The Kier molecular flexibility index (Phi) is 10.4. The van der Waals surface area contributed by atoms with Crippen molar-refractivity contribution in [2.75, 3.05) is 46.5 Å². The molecule has 7 nitrogen and oxygen atoms in total.